The first kappa shape index (κ1) is 21.2. The van der Waals surface area contributed by atoms with E-state index in [0.717, 1.165) is 24.2 Å². The average Bonchev–Trinajstić information content (AvgIpc) is 2.85. The van der Waals surface area contributed by atoms with Crippen LogP contribution in [-0.2, 0) is 18.4 Å². The Morgan fingerprint density at radius 3 is 2.57 bits per heavy atom. The van der Waals surface area contributed by atoms with Gasteiger partial charge in [0.15, 0.2) is 0 Å². The van der Waals surface area contributed by atoms with Crippen molar-refractivity contribution in [2.75, 3.05) is 26.2 Å². The van der Waals surface area contributed by atoms with Crippen molar-refractivity contribution in [2.24, 2.45) is 17.9 Å². The van der Waals surface area contributed by atoms with Crippen LogP contribution in [0.1, 0.15) is 57.8 Å². The number of piperidine rings is 2. The van der Waals surface area contributed by atoms with Gasteiger partial charge in [0.25, 0.3) is 5.92 Å². The lowest BCUT2D eigenvalue weighted by molar-refractivity contribution is -0.170. The molecular formula is C21H34F2N4O. The van der Waals surface area contributed by atoms with E-state index in [2.05, 4.69) is 25.9 Å². The third-order valence-electron chi connectivity index (χ3n) is 6.03. The number of carbonyl (C=O) groups is 1. The molecule has 0 bridgehead atoms. The summed E-state index contributed by atoms with van der Waals surface area (Å²) in [5.74, 6) is -2.93. The summed E-state index contributed by atoms with van der Waals surface area (Å²) in [5.41, 5.74) is 0.954. The number of nitrogens with zero attached hydrogens (tertiary/aromatic N) is 4. The predicted molar refractivity (Wildman–Crippen MR) is 105 cm³/mol. The molecule has 5 nitrogen and oxygen atoms in total. The van der Waals surface area contributed by atoms with Crippen LogP contribution in [0.3, 0.4) is 0 Å². The number of halogens is 2. The third kappa shape index (κ3) is 4.73. The number of carbonyl (C=O) groups excluding carboxylic acids is 1. The molecule has 0 aromatic carbocycles. The van der Waals surface area contributed by atoms with Gasteiger partial charge in [0.05, 0.1) is 29.9 Å². The van der Waals surface area contributed by atoms with Crippen molar-refractivity contribution < 1.29 is 13.6 Å². The maximum absolute atomic E-state index is 14.7. The SMILES string of the molecule is Cc1cc(CN2CCCC3(CN(CCC(C)(C)C)CC(F)(F)C3)C2=O)n(C)n1. The lowest BCUT2D eigenvalue weighted by atomic mass is 9.71. The largest absolute Gasteiger partial charge is 0.336 e. The number of aromatic nitrogens is 2. The highest BCUT2D eigenvalue weighted by Gasteiger charge is 2.55. The zero-order valence-corrected chi connectivity index (χ0v) is 17.9. The molecule has 2 saturated heterocycles. The van der Waals surface area contributed by atoms with E-state index in [1.807, 2.05) is 24.9 Å². The molecule has 3 heterocycles. The van der Waals surface area contributed by atoms with E-state index in [-0.39, 0.29) is 24.3 Å². The Morgan fingerprint density at radius 1 is 1.25 bits per heavy atom. The summed E-state index contributed by atoms with van der Waals surface area (Å²) in [6.07, 6.45) is 1.83. The lowest BCUT2D eigenvalue weighted by Gasteiger charge is -2.49. The molecule has 0 N–H and O–H groups in total. The fraction of sp³-hybridized carbons (Fsp3) is 0.810. The molecule has 28 heavy (non-hydrogen) atoms. The quantitative estimate of drug-likeness (QED) is 0.781. The van der Waals surface area contributed by atoms with Crippen LogP contribution >= 0.6 is 0 Å². The summed E-state index contributed by atoms with van der Waals surface area (Å²) >= 11 is 0. The zero-order chi connectivity index (χ0) is 20.7. The summed E-state index contributed by atoms with van der Waals surface area (Å²) in [4.78, 5) is 17.0. The minimum Gasteiger partial charge on any atom is -0.336 e. The normalized spacial score (nSPS) is 26.2. The second kappa shape index (κ2) is 7.39. The Labute approximate surface area is 167 Å². The van der Waals surface area contributed by atoms with Crippen LogP contribution in [0.2, 0.25) is 0 Å². The Kier molecular flexibility index (Phi) is 5.60. The molecule has 7 heteroatoms. The highest BCUT2D eigenvalue weighted by Crippen LogP contribution is 2.45. The highest BCUT2D eigenvalue weighted by atomic mass is 19.3. The molecule has 0 radical (unpaired) electrons. The van der Waals surface area contributed by atoms with E-state index < -0.39 is 11.3 Å². The molecule has 2 aliphatic rings. The van der Waals surface area contributed by atoms with Gasteiger partial charge in [0.2, 0.25) is 5.91 Å². The van der Waals surface area contributed by atoms with E-state index in [4.69, 9.17) is 0 Å². The molecule has 158 valence electrons. The van der Waals surface area contributed by atoms with Gasteiger partial charge in [-0.15, -0.1) is 0 Å². The first-order valence-corrected chi connectivity index (χ1v) is 10.3. The first-order valence-electron chi connectivity index (χ1n) is 10.3. The minimum absolute atomic E-state index is 0.0832. The maximum atomic E-state index is 14.7. The first-order chi connectivity index (χ1) is 12.9. The molecule has 1 aromatic rings. The molecule has 0 aliphatic carbocycles. The molecule has 1 aromatic heterocycles. The van der Waals surface area contributed by atoms with Crippen molar-refractivity contribution in [1.29, 1.82) is 0 Å². The van der Waals surface area contributed by atoms with Crippen LogP contribution in [0.4, 0.5) is 8.78 Å². The van der Waals surface area contributed by atoms with Gasteiger partial charge in [-0.2, -0.15) is 5.10 Å². The average molecular weight is 397 g/mol. The van der Waals surface area contributed by atoms with Gasteiger partial charge in [-0.1, -0.05) is 20.8 Å². The molecule has 0 saturated carbocycles. The van der Waals surface area contributed by atoms with E-state index in [9.17, 15) is 13.6 Å². The number of aryl methyl sites for hydroxylation is 2. The second-order valence-corrected chi connectivity index (χ2v) is 10.1. The zero-order valence-electron chi connectivity index (χ0n) is 17.9. The van der Waals surface area contributed by atoms with Gasteiger partial charge in [-0.05, 0) is 44.2 Å². The summed E-state index contributed by atoms with van der Waals surface area (Å²) in [5, 5.41) is 4.34. The molecular weight excluding hydrogens is 362 g/mol. The van der Waals surface area contributed by atoms with Crippen molar-refractivity contribution in [3.8, 4) is 0 Å². The Hall–Kier alpha value is -1.50. The van der Waals surface area contributed by atoms with E-state index in [0.29, 0.717) is 32.6 Å². The van der Waals surface area contributed by atoms with Gasteiger partial charge in [0, 0.05) is 26.6 Å². The van der Waals surface area contributed by atoms with E-state index in [1.54, 1.807) is 9.58 Å². The monoisotopic (exact) mass is 396 g/mol. The summed E-state index contributed by atoms with van der Waals surface area (Å²) in [6.45, 7) is 10.1. The van der Waals surface area contributed by atoms with Gasteiger partial charge in [0.1, 0.15) is 0 Å². The van der Waals surface area contributed by atoms with Crippen LogP contribution in [0.15, 0.2) is 6.07 Å². The molecule has 1 unspecified atom stereocenters. The Bertz CT molecular complexity index is 724. The number of amides is 1. The number of hydrogen-bond acceptors (Lipinski definition) is 3. The van der Waals surface area contributed by atoms with Crippen molar-refractivity contribution in [3.63, 3.8) is 0 Å². The Morgan fingerprint density at radius 2 is 1.96 bits per heavy atom. The van der Waals surface area contributed by atoms with Crippen LogP contribution in [0, 0.1) is 17.8 Å². The predicted octanol–water partition coefficient (Wildman–Crippen LogP) is 3.61. The van der Waals surface area contributed by atoms with Gasteiger partial charge in [-0.3, -0.25) is 14.4 Å². The molecule has 2 aliphatic heterocycles. The van der Waals surface area contributed by atoms with Crippen molar-refractivity contribution in [1.82, 2.24) is 19.6 Å². The van der Waals surface area contributed by atoms with Crippen molar-refractivity contribution in [3.05, 3.63) is 17.5 Å². The number of hydrogen-bond donors (Lipinski definition) is 0. The summed E-state index contributed by atoms with van der Waals surface area (Å²) in [7, 11) is 1.86. The standard InChI is InChI=1S/C21H34F2N4O/c1-16-11-17(25(5)24-16)12-27-9-6-7-20(18(27)28)13-21(22,23)15-26(14-20)10-8-19(2,3)4/h11H,6-10,12-15H2,1-5H3. The number of rotatable bonds is 4. The summed E-state index contributed by atoms with van der Waals surface area (Å²) < 4.78 is 31.1. The highest BCUT2D eigenvalue weighted by molar-refractivity contribution is 5.84. The molecule has 1 atom stereocenters. The van der Waals surface area contributed by atoms with Gasteiger partial charge < -0.3 is 4.90 Å². The van der Waals surface area contributed by atoms with Crippen molar-refractivity contribution >= 4 is 5.91 Å². The number of likely N-dealkylation sites (tertiary alicyclic amines) is 2. The van der Waals surface area contributed by atoms with Crippen LogP contribution in [0.25, 0.3) is 0 Å². The molecule has 1 amide bonds. The van der Waals surface area contributed by atoms with E-state index >= 15 is 0 Å². The molecule has 3 rings (SSSR count). The van der Waals surface area contributed by atoms with Gasteiger partial charge >= 0.3 is 0 Å². The second-order valence-electron chi connectivity index (χ2n) is 10.1. The number of alkyl halides is 2. The fourth-order valence-electron chi connectivity index (χ4n) is 4.69. The third-order valence-corrected chi connectivity index (χ3v) is 6.03. The van der Waals surface area contributed by atoms with Crippen LogP contribution in [-0.4, -0.2) is 57.6 Å². The maximum Gasteiger partial charge on any atom is 0.261 e. The van der Waals surface area contributed by atoms with Crippen LogP contribution < -0.4 is 0 Å². The Balaban J connectivity index is 1.78. The topological polar surface area (TPSA) is 41.4 Å². The van der Waals surface area contributed by atoms with Gasteiger partial charge in [-0.25, -0.2) is 8.78 Å². The molecule has 1 spiro atoms. The molecule has 2 fully saturated rings. The fourth-order valence-corrected chi connectivity index (χ4v) is 4.69. The smallest absolute Gasteiger partial charge is 0.261 e. The van der Waals surface area contributed by atoms with Crippen molar-refractivity contribution in [2.45, 2.75) is 65.8 Å². The lowest BCUT2D eigenvalue weighted by Crippen LogP contribution is -2.61. The van der Waals surface area contributed by atoms with E-state index in [1.165, 1.54) is 0 Å². The summed E-state index contributed by atoms with van der Waals surface area (Å²) in [6, 6.07) is 1.96. The van der Waals surface area contributed by atoms with Crippen LogP contribution in [0.5, 0.6) is 0 Å². The minimum atomic E-state index is -2.82.